The van der Waals surface area contributed by atoms with Gasteiger partial charge < -0.3 is 15.4 Å². The van der Waals surface area contributed by atoms with E-state index in [2.05, 4.69) is 5.32 Å². The molecule has 21 heavy (non-hydrogen) atoms. The molecule has 0 radical (unpaired) electrons. The molecule has 0 aliphatic carbocycles. The van der Waals surface area contributed by atoms with Crippen molar-refractivity contribution in [2.45, 2.75) is 31.3 Å². The first-order valence-corrected chi connectivity index (χ1v) is 6.99. The Morgan fingerprint density at radius 1 is 1.33 bits per heavy atom. The van der Waals surface area contributed by atoms with Crippen molar-refractivity contribution in [3.63, 3.8) is 0 Å². The molecule has 2 aliphatic rings. The summed E-state index contributed by atoms with van der Waals surface area (Å²) in [5.41, 5.74) is 1.04. The lowest BCUT2D eigenvalue weighted by Crippen LogP contribution is -2.99. The number of piperazine rings is 1. The number of rotatable bonds is 3. The maximum Gasteiger partial charge on any atom is 0.246 e. The van der Waals surface area contributed by atoms with Crippen LogP contribution in [0.4, 0.5) is 5.69 Å². The van der Waals surface area contributed by atoms with E-state index in [9.17, 15) is 14.8 Å². The van der Waals surface area contributed by atoms with Crippen LogP contribution in [-0.4, -0.2) is 40.5 Å². The van der Waals surface area contributed by atoms with E-state index in [1.165, 1.54) is 12.1 Å². The molecular weight excluding hydrogens is 274 g/mol. The SMILES string of the molecule is O=C1NC(Cc2ccc([NH+]([O-])O)cc2)C(=O)N2CCCC12. The summed E-state index contributed by atoms with van der Waals surface area (Å²) in [4.78, 5) is 26.0. The third-order valence-electron chi connectivity index (χ3n) is 4.09. The van der Waals surface area contributed by atoms with Crippen LogP contribution >= 0.6 is 0 Å². The lowest BCUT2D eigenvalue weighted by atomic mass is 10.0. The summed E-state index contributed by atoms with van der Waals surface area (Å²) in [5.74, 6) is -0.126. The molecule has 3 atom stereocenters. The van der Waals surface area contributed by atoms with Gasteiger partial charge in [-0.2, -0.15) is 5.23 Å². The van der Waals surface area contributed by atoms with Gasteiger partial charge in [0, 0.05) is 25.1 Å². The highest BCUT2D eigenvalue weighted by Gasteiger charge is 2.42. The average Bonchev–Trinajstić information content (AvgIpc) is 2.95. The van der Waals surface area contributed by atoms with Gasteiger partial charge in [0.15, 0.2) is 5.69 Å². The predicted octanol–water partition coefficient (Wildman–Crippen LogP) is -0.878. The van der Waals surface area contributed by atoms with Gasteiger partial charge in [-0.1, -0.05) is 12.1 Å². The van der Waals surface area contributed by atoms with Crippen LogP contribution in [0, 0.1) is 5.21 Å². The van der Waals surface area contributed by atoms with E-state index >= 15 is 0 Å². The van der Waals surface area contributed by atoms with E-state index in [1.807, 2.05) is 0 Å². The lowest BCUT2D eigenvalue weighted by Gasteiger charge is -2.34. The van der Waals surface area contributed by atoms with E-state index in [4.69, 9.17) is 5.21 Å². The van der Waals surface area contributed by atoms with Gasteiger partial charge in [-0.05, 0) is 18.4 Å². The summed E-state index contributed by atoms with van der Waals surface area (Å²) in [6, 6.07) is 5.51. The number of carbonyl (C=O) groups excluding carboxylic acids is 2. The van der Waals surface area contributed by atoms with Crippen LogP contribution in [-0.2, 0) is 16.0 Å². The summed E-state index contributed by atoms with van der Waals surface area (Å²) < 4.78 is 0. The van der Waals surface area contributed by atoms with Crippen molar-refractivity contribution in [1.29, 1.82) is 0 Å². The molecule has 7 nitrogen and oxygen atoms in total. The maximum atomic E-state index is 12.3. The Bertz CT molecular complexity index is 558. The molecule has 2 heterocycles. The number of hydrogen-bond acceptors (Lipinski definition) is 4. The van der Waals surface area contributed by atoms with Crippen molar-refractivity contribution < 1.29 is 20.0 Å². The predicted molar refractivity (Wildman–Crippen MR) is 72.6 cm³/mol. The summed E-state index contributed by atoms with van der Waals surface area (Å²) in [5, 5.41) is 21.5. The number of amides is 2. The van der Waals surface area contributed by atoms with Gasteiger partial charge in [-0.3, -0.25) is 9.59 Å². The van der Waals surface area contributed by atoms with Crippen LogP contribution < -0.4 is 10.5 Å². The molecule has 112 valence electrons. The highest BCUT2D eigenvalue weighted by molar-refractivity contribution is 5.97. The van der Waals surface area contributed by atoms with Crippen LogP contribution in [0.2, 0.25) is 0 Å². The Balaban J connectivity index is 1.72. The first kappa shape index (κ1) is 14.0. The van der Waals surface area contributed by atoms with E-state index in [-0.39, 0.29) is 23.5 Å². The van der Waals surface area contributed by atoms with Gasteiger partial charge in [0.25, 0.3) is 0 Å². The second kappa shape index (κ2) is 5.44. The van der Waals surface area contributed by atoms with Crippen molar-refractivity contribution >= 4 is 17.5 Å². The summed E-state index contributed by atoms with van der Waals surface area (Å²) >= 11 is 0. The van der Waals surface area contributed by atoms with Crippen LogP contribution in [0.15, 0.2) is 24.3 Å². The number of fused-ring (bicyclic) bond motifs is 1. The van der Waals surface area contributed by atoms with E-state index in [1.54, 1.807) is 17.0 Å². The fourth-order valence-electron chi connectivity index (χ4n) is 2.99. The zero-order valence-corrected chi connectivity index (χ0v) is 11.4. The second-order valence-electron chi connectivity index (χ2n) is 5.46. The molecule has 3 N–H and O–H groups in total. The highest BCUT2D eigenvalue weighted by Crippen LogP contribution is 2.23. The normalized spacial score (nSPS) is 26.5. The minimum Gasteiger partial charge on any atom is -0.595 e. The van der Waals surface area contributed by atoms with E-state index in [0.29, 0.717) is 13.0 Å². The third-order valence-corrected chi connectivity index (χ3v) is 4.09. The topological polar surface area (TPSA) is 97.1 Å². The molecule has 3 unspecified atom stereocenters. The second-order valence-corrected chi connectivity index (χ2v) is 5.46. The van der Waals surface area contributed by atoms with Gasteiger partial charge in [-0.15, -0.1) is 0 Å². The Morgan fingerprint density at radius 3 is 2.71 bits per heavy atom. The molecule has 0 aromatic heterocycles. The zero-order chi connectivity index (χ0) is 15.0. The van der Waals surface area contributed by atoms with Gasteiger partial charge >= 0.3 is 0 Å². The number of nitrogens with one attached hydrogen (secondary N) is 2. The van der Waals surface area contributed by atoms with Crippen molar-refractivity contribution in [3.8, 4) is 0 Å². The standard InChI is InChI=1S/C14H17N3O4/c18-13-12-2-1-7-16(12)14(19)11(15-13)8-9-3-5-10(6-4-9)17(20)21/h3-6,11-12,17,20H,1-2,7-8H2,(H,15,18). The molecule has 2 fully saturated rings. The molecule has 1 aromatic rings. The van der Waals surface area contributed by atoms with Crippen molar-refractivity contribution in [1.82, 2.24) is 10.2 Å². The molecule has 1 aromatic carbocycles. The molecule has 2 amide bonds. The Morgan fingerprint density at radius 2 is 2.05 bits per heavy atom. The summed E-state index contributed by atoms with van der Waals surface area (Å²) in [6.45, 7) is 0.644. The maximum absolute atomic E-state index is 12.3. The molecule has 2 aliphatic heterocycles. The minimum atomic E-state index is -0.983. The first-order chi connectivity index (χ1) is 10.1. The smallest absolute Gasteiger partial charge is 0.246 e. The molecular formula is C14H17N3O4. The fourth-order valence-corrected chi connectivity index (χ4v) is 2.99. The zero-order valence-electron chi connectivity index (χ0n) is 11.4. The molecule has 0 spiro atoms. The Labute approximate surface area is 121 Å². The summed E-state index contributed by atoms with van der Waals surface area (Å²) in [7, 11) is 0. The van der Waals surface area contributed by atoms with E-state index < -0.39 is 11.3 Å². The van der Waals surface area contributed by atoms with Gasteiger partial charge in [-0.25, -0.2) is 5.21 Å². The minimum absolute atomic E-state index is 0.0422. The first-order valence-electron chi connectivity index (χ1n) is 6.99. The third kappa shape index (κ3) is 2.63. The Hall–Kier alpha value is -1.96. The van der Waals surface area contributed by atoms with Crippen LogP contribution in [0.1, 0.15) is 18.4 Å². The van der Waals surface area contributed by atoms with Crippen LogP contribution in [0.25, 0.3) is 0 Å². The number of carbonyl (C=O) groups is 2. The van der Waals surface area contributed by atoms with Crippen molar-refractivity contribution in [3.05, 3.63) is 35.0 Å². The number of benzene rings is 1. The Kier molecular flexibility index (Phi) is 3.62. The molecule has 0 saturated carbocycles. The van der Waals surface area contributed by atoms with Crippen LogP contribution in [0.5, 0.6) is 0 Å². The summed E-state index contributed by atoms with van der Waals surface area (Å²) in [6.07, 6.45) is 1.98. The average molecular weight is 291 g/mol. The van der Waals surface area contributed by atoms with Gasteiger partial charge in [0.05, 0.1) is 0 Å². The van der Waals surface area contributed by atoms with E-state index in [0.717, 1.165) is 18.4 Å². The van der Waals surface area contributed by atoms with Gasteiger partial charge in [0.2, 0.25) is 11.8 Å². The highest BCUT2D eigenvalue weighted by atomic mass is 16.8. The molecule has 7 heteroatoms. The monoisotopic (exact) mass is 291 g/mol. The number of quaternary nitrogens is 1. The molecule has 2 saturated heterocycles. The van der Waals surface area contributed by atoms with Crippen molar-refractivity contribution in [2.75, 3.05) is 6.54 Å². The largest absolute Gasteiger partial charge is 0.595 e. The van der Waals surface area contributed by atoms with Crippen molar-refractivity contribution in [2.24, 2.45) is 0 Å². The molecule has 3 rings (SSSR count). The number of hydrogen-bond donors (Lipinski definition) is 3. The lowest BCUT2D eigenvalue weighted by molar-refractivity contribution is -0.991. The quantitative estimate of drug-likeness (QED) is 0.630. The number of nitrogens with zero attached hydrogens (tertiary/aromatic N) is 1. The van der Waals surface area contributed by atoms with Gasteiger partial charge in [0.1, 0.15) is 12.1 Å². The fraction of sp³-hybridized carbons (Fsp3) is 0.429. The molecule has 0 bridgehead atoms. The van der Waals surface area contributed by atoms with Crippen LogP contribution in [0.3, 0.4) is 0 Å².